The number of rotatable bonds is 5. The first kappa shape index (κ1) is 24.2. The highest BCUT2D eigenvalue weighted by Gasteiger charge is 2.63. The smallest absolute Gasteiger partial charge is 0.138 e. The molecule has 2 saturated carbocycles. The molecule has 0 aliphatic heterocycles. The molecular formula is C30H48O2. The highest BCUT2D eigenvalue weighted by atomic mass is 16.3. The summed E-state index contributed by atoms with van der Waals surface area (Å²) < 4.78 is 0. The molecule has 2 nitrogen and oxygen atoms in total. The molecule has 4 aliphatic rings. The molecule has 32 heavy (non-hydrogen) atoms. The van der Waals surface area contributed by atoms with Crippen molar-refractivity contribution in [2.24, 2.45) is 39.4 Å². The number of hydrogen-bond donors (Lipinski definition) is 1. The van der Waals surface area contributed by atoms with Crippen LogP contribution >= 0.6 is 0 Å². The Morgan fingerprint density at radius 2 is 1.72 bits per heavy atom. The Labute approximate surface area is 197 Å². The third kappa shape index (κ3) is 3.33. The Bertz CT molecular complexity index is 828. The van der Waals surface area contributed by atoms with Crippen LogP contribution in [0, 0.1) is 39.4 Å². The molecule has 0 aromatic carbocycles. The maximum atomic E-state index is 12.8. The topological polar surface area (TPSA) is 37.3 Å². The van der Waals surface area contributed by atoms with E-state index >= 15 is 0 Å². The van der Waals surface area contributed by atoms with Crippen molar-refractivity contribution in [1.82, 2.24) is 0 Å². The molecule has 0 aromatic rings. The van der Waals surface area contributed by atoms with E-state index in [9.17, 15) is 9.90 Å². The fourth-order valence-corrected chi connectivity index (χ4v) is 9.29. The molecule has 6 atom stereocenters. The second kappa shape index (κ2) is 8.10. The van der Waals surface area contributed by atoms with Crippen LogP contribution in [0.4, 0.5) is 0 Å². The molecule has 0 radical (unpaired) electrons. The molecule has 0 aromatic heterocycles. The predicted octanol–water partition coefficient (Wildman–Crippen LogP) is 7.66. The minimum absolute atomic E-state index is 0.182. The zero-order valence-electron chi connectivity index (χ0n) is 21.9. The van der Waals surface area contributed by atoms with Crippen molar-refractivity contribution < 1.29 is 9.90 Å². The van der Waals surface area contributed by atoms with Gasteiger partial charge in [0.05, 0.1) is 0 Å². The number of carbonyl (C=O) groups is 1. The monoisotopic (exact) mass is 440 g/mol. The number of aliphatic hydroxyl groups excluding tert-OH is 1. The van der Waals surface area contributed by atoms with Crippen LogP contribution in [0.25, 0.3) is 0 Å². The van der Waals surface area contributed by atoms with Gasteiger partial charge in [-0.2, -0.15) is 0 Å². The summed E-state index contributed by atoms with van der Waals surface area (Å²) in [6, 6.07) is 0. The van der Waals surface area contributed by atoms with Crippen LogP contribution in [-0.2, 0) is 4.79 Å². The van der Waals surface area contributed by atoms with Gasteiger partial charge in [0, 0.05) is 18.4 Å². The minimum Gasteiger partial charge on any atom is -0.396 e. The van der Waals surface area contributed by atoms with Crippen molar-refractivity contribution >= 4 is 5.78 Å². The molecule has 0 spiro atoms. The maximum Gasteiger partial charge on any atom is 0.138 e. The van der Waals surface area contributed by atoms with Gasteiger partial charge in [-0.1, -0.05) is 57.4 Å². The Morgan fingerprint density at radius 1 is 1.00 bits per heavy atom. The summed E-state index contributed by atoms with van der Waals surface area (Å²) in [5.41, 5.74) is 5.47. The maximum absolute atomic E-state index is 12.8. The van der Waals surface area contributed by atoms with Gasteiger partial charge in [-0.25, -0.2) is 0 Å². The van der Waals surface area contributed by atoms with Crippen molar-refractivity contribution in [3.63, 3.8) is 0 Å². The Balaban J connectivity index is 1.67. The van der Waals surface area contributed by atoms with Crippen molar-refractivity contribution in [3.05, 3.63) is 22.8 Å². The van der Waals surface area contributed by atoms with Gasteiger partial charge in [0.2, 0.25) is 0 Å². The van der Waals surface area contributed by atoms with Crippen molar-refractivity contribution in [3.8, 4) is 0 Å². The summed E-state index contributed by atoms with van der Waals surface area (Å²) in [4.78, 5) is 12.8. The van der Waals surface area contributed by atoms with E-state index in [1.807, 2.05) is 0 Å². The van der Waals surface area contributed by atoms with Crippen LogP contribution in [0.3, 0.4) is 0 Å². The minimum atomic E-state index is -0.182. The van der Waals surface area contributed by atoms with Gasteiger partial charge in [0.1, 0.15) is 5.78 Å². The Morgan fingerprint density at radius 3 is 2.38 bits per heavy atom. The molecule has 2 fully saturated rings. The predicted molar refractivity (Wildman–Crippen MR) is 133 cm³/mol. The van der Waals surface area contributed by atoms with Crippen molar-refractivity contribution in [1.29, 1.82) is 0 Å². The molecule has 2 heteroatoms. The van der Waals surface area contributed by atoms with Gasteiger partial charge in [0.25, 0.3) is 0 Å². The van der Waals surface area contributed by atoms with Crippen LogP contribution in [-0.4, -0.2) is 17.5 Å². The third-order valence-electron chi connectivity index (χ3n) is 11.5. The lowest BCUT2D eigenvalue weighted by Crippen LogP contribution is -2.54. The van der Waals surface area contributed by atoms with Gasteiger partial charge < -0.3 is 5.11 Å². The fourth-order valence-electron chi connectivity index (χ4n) is 9.29. The quantitative estimate of drug-likeness (QED) is 0.445. The van der Waals surface area contributed by atoms with E-state index in [0.29, 0.717) is 30.1 Å². The number of aliphatic hydroxyl groups is 1. The van der Waals surface area contributed by atoms with E-state index in [1.165, 1.54) is 44.1 Å². The summed E-state index contributed by atoms with van der Waals surface area (Å²) in [5.74, 6) is 2.01. The van der Waals surface area contributed by atoms with E-state index < -0.39 is 0 Å². The standard InChI is InChI=1S/C30H48O2/c1-20(2)9-8-10-21(19-31)22-13-17-30(7)24-11-12-25-27(3,4)26(32)15-16-28(25,5)23(24)14-18-29(22,30)6/h9,21-22,25,31H,8,10-19H2,1-7H3/t21-,22+,25+,28+,29+,30-/m0/s1. The van der Waals surface area contributed by atoms with Crippen LogP contribution in [0.5, 0.6) is 0 Å². The summed E-state index contributed by atoms with van der Waals surface area (Å²) >= 11 is 0. The van der Waals surface area contributed by atoms with Gasteiger partial charge in [0.15, 0.2) is 0 Å². The van der Waals surface area contributed by atoms with Gasteiger partial charge in [-0.15, -0.1) is 0 Å². The first-order valence-corrected chi connectivity index (χ1v) is 13.4. The van der Waals surface area contributed by atoms with E-state index in [2.05, 4.69) is 54.5 Å². The lowest BCUT2D eigenvalue weighted by molar-refractivity contribution is -0.139. The summed E-state index contributed by atoms with van der Waals surface area (Å²) in [7, 11) is 0. The molecule has 0 saturated heterocycles. The zero-order chi connectivity index (χ0) is 23.5. The number of Topliss-reactive ketones (excluding diaryl/α,β-unsaturated/α-hetero) is 1. The fraction of sp³-hybridized carbons (Fsp3) is 0.833. The highest BCUT2D eigenvalue weighted by molar-refractivity contribution is 5.85. The van der Waals surface area contributed by atoms with E-state index in [-0.39, 0.29) is 21.7 Å². The van der Waals surface area contributed by atoms with Crippen LogP contribution in [0.1, 0.15) is 113 Å². The Hall–Kier alpha value is -0.890. The first-order valence-electron chi connectivity index (χ1n) is 13.4. The number of hydrogen-bond acceptors (Lipinski definition) is 2. The number of allylic oxidation sites excluding steroid dienone is 4. The van der Waals surface area contributed by atoms with Crippen LogP contribution in [0.15, 0.2) is 22.8 Å². The molecule has 0 heterocycles. The average molecular weight is 441 g/mol. The van der Waals surface area contributed by atoms with Gasteiger partial charge >= 0.3 is 0 Å². The van der Waals surface area contributed by atoms with E-state index in [0.717, 1.165) is 25.7 Å². The largest absolute Gasteiger partial charge is 0.396 e. The van der Waals surface area contributed by atoms with E-state index in [4.69, 9.17) is 0 Å². The molecule has 4 aliphatic carbocycles. The number of ketones is 1. The third-order valence-corrected chi connectivity index (χ3v) is 11.5. The Kier molecular flexibility index (Phi) is 6.14. The van der Waals surface area contributed by atoms with Crippen LogP contribution in [0.2, 0.25) is 0 Å². The molecule has 0 amide bonds. The average Bonchev–Trinajstić information content (AvgIpc) is 3.00. The summed E-state index contributed by atoms with van der Waals surface area (Å²) in [5, 5.41) is 10.4. The first-order chi connectivity index (χ1) is 14.9. The second-order valence-electron chi connectivity index (χ2n) is 13.3. The normalized spacial score (nSPS) is 41.6. The molecule has 180 valence electrons. The van der Waals surface area contributed by atoms with Gasteiger partial charge in [-0.05, 0) is 106 Å². The zero-order valence-corrected chi connectivity index (χ0v) is 21.9. The molecule has 0 unspecified atom stereocenters. The number of carbonyl (C=O) groups excluding carboxylic acids is 1. The summed E-state index contributed by atoms with van der Waals surface area (Å²) in [6.45, 7) is 16.8. The second-order valence-corrected chi connectivity index (χ2v) is 13.3. The van der Waals surface area contributed by atoms with Gasteiger partial charge in [-0.3, -0.25) is 4.79 Å². The number of fused-ring (bicyclic) bond motifs is 4. The lowest BCUT2D eigenvalue weighted by atomic mass is 9.43. The molecule has 4 rings (SSSR count). The van der Waals surface area contributed by atoms with Crippen molar-refractivity contribution in [2.75, 3.05) is 6.61 Å². The van der Waals surface area contributed by atoms with E-state index in [1.54, 1.807) is 11.1 Å². The molecule has 0 bridgehead atoms. The summed E-state index contributed by atoms with van der Waals surface area (Å²) in [6.07, 6.45) is 13.7. The molecule has 1 N–H and O–H groups in total. The van der Waals surface area contributed by atoms with Crippen LogP contribution < -0.4 is 0 Å². The lowest BCUT2D eigenvalue weighted by Gasteiger charge is -2.61. The van der Waals surface area contributed by atoms with Crippen molar-refractivity contribution in [2.45, 2.75) is 113 Å². The molecular weight excluding hydrogens is 392 g/mol. The SMILES string of the molecule is CC(C)=CCC[C@@H](CO)[C@H]1CC[C@@]2(C)C3=C(CC[C@]12C)[C@@]1(C)CCC(=O)C(C)(C)[C@H]1CC3. The highest BCUT2D eigenvalue weighted by Crippen LogP contribution is 2.72.